The minimum absolute atomic E-state index is 0.101. The molecule has 2 aliphatic rings. The van der Waals surface area contributed by atoms with Gasteiger partial charge in [-0.05, 0) is 49.1 Å². The number of carbonyl (C=O) groups is 2. The van der Waals surface area contributed by atoms with Crippen LogP contribution in [0.3, 0.4) is 0 Å². The third kappa shape index (κ3) is 3.21. The Labute approximate surface area is 156 Å². The van der Waals surface area contributed by atoms with Crippen LogP contribution < -0.4 is 10.1 Å². The first-order valence-corrected chi connectivity index (χ1v) is 9.88. The molecule has 1 aliphatic carbocycles. The van der Waals surface area contributed by atoms with E-state index in [9.17, 15) is 9.59 Å². The molecular weight excluding hydrogens is 350 g/mol. The van der Waals surface area contributed by atoms with Crippen LogP contribution in [0.4, 0.5) is 5.00 Å². The monoisotopic (exact) mass is 371 g/mol. The second kappa shape index (κ2) is 7.11. The molecule has 0 bridgehead atoms. The number of benzene rings is 1. The van der Waals surface area contributed by atoms with Crippen LogP contribution in [-0.2, 0) is 9.53 Å². The molecule has 1 aliphatic heterocycles. The number of nitrogens with one attached hydrogen (secondary N) is 1. The highest BCUT2D eigenvalue weighted by Gasteiger charge is 2.34. The van der Waals surface area contributed by atoms with Crippen LogP contribution in [-0.4, -0.2) is 25.1 Å². The highest BCUT2D eigenvalue weighted by Crippen LogP contribution is 2.46. The van der Waals surface area contributed by atoms with Gasteiger partial charge >= 0.3 is 5.97 Å². The number of amides is 1. The SMILES string of the molecule is CCOC(=O)c1c(C2CC2)csc1NC(=O)C1CCOc2ccccc21. The van der Waals surface area contributed by atoms with E-state index < -0.39 is 0 Å². The van der Waals surface area contributed by atoms with Crippen molar-refractivity contribution in [1.29, 1.82) is 0 Å². The summed E-state index contributed by atoms with van der Waals surface area (Å²) in [4.78, 5) is 25.4. The molecule has 4 rings (SSSR count). The fourth-order valence-corrected chi connectivity index (χ4v) is 4.42. The highest BCUT2D eigenvalue weighted by atomic mass is 32.1. The molecule has 2 aromatic rings. The van der Waals surface area contributed by atoms with Gasteiger partial charge in [0.25, 0.3) is 0 Å². The summed E-state index contributed by atoms with van der Waals surface area (Å²) in [7, 11) is 0. The predicted octanol–water partition coefficient (Wildman–Crippen LogP) is 4.31. The lowest BCUT2D eigenvalue weighted by Gasteiger charge is -2.25. The zero-order valence-corrected chi connectivity index (χ0v) is 15.4. The zero-order valence-electron chi connectivity index (χ0n) is 14.6. The fraction of sp³-hybridized carbons (Fsp3) is 0.400. The van der Waals surface area contributed by atoms with E-state index in [-0.39, 0.29) is 17.8 Å². The number of fused-ring (bicyclic) bond motifs is 1. The average molecular weight is 371 g/mol. The second-order valence-corrected chi connectivity index (χ2v) is 7.49. The molecule has 1 saturated carbocycles. The van der Waals surface area contributed by atoms with E-state index in [1.165, 1.54) is 11.3 Å². The van der Waals surface area contributed by atoms with Crippen LogP contribution in [0.1, 0.15) is 59.5 Å². The molecule has 0 radical (unpaired) electrons. The summed E-state index contributed by atoms with van der Waals surface area (Å²) < 4.78 is 10.9. The van der Waals surface area contributed by atoms with Gasteiger partial charge in [-0.25, -0.2) is 4.79 Å². The van der Waals surface area contributed by atoms with E-state index >= 15 is 0 Å². The smallest absolute Gasteiger partial charge is 0.341 e. The summed E-state index contributed by atoms with van der Waals surface area (Å²) in [5, 5.41) is 5.57. The van der Waals surface area contributed by atoms with Gasteiger partial charge in [0.15, 0.2) is 0 Å². The Bertz CT molecular complexity index is 840. The Morgan fingerprint density at radius 1 is 1.23 bits per heavy atom. The Morgan fingerprint density at radius 2 is 2.04 bits per heavy atom. The molecule has 1 aromatic heterocycles. The largest absolute Gasteiger partial charge is 0.493 e. The lowest BCUT2D eigenvalue weighted by Crippen LogP contribution is -2.26. The molecule has 0 saturated heterocycles. The molecule has 0 spiro atoms. The van der Waals surface area contributed by atoms with Gasteiger partial charge in [-0.2, -0.15) is 0 Å². The van der Waals surface area contributed by atoms with Gasteiger partial charge in [-0.1, -0.05) is 18.2 Å². The van der Waals surface area contributed by atoms with Crippen LogP contribution >= 0.6 is 11.3 Å². The first-order valence-electron chi connectivity index (χ1n) is 9.00. The van der Waals surface area contributed by atoms with Gasteiger partial charge in [-0.3, -0.25) is 4.79 Å². The van der Waals surface area contributed by atoms with Crippen molar-refractivity contribution in [1.82, 2.24) is 0 Å². The van der Waals surface area contributed by atoms with Crippen LogP contribution in [0.5, 0.6) is 5.75 Å². The number of ether oxygens (including phenoxy) is 2. The minimum Gasteiger partial charge on any atom is -0.493 e. The van der Waals surface area contributed by atoms with Gasteiger partial charge in [0.1, 0.15) is 10.8 Å². The molecule has 2 heterocycles. The van der Waals surface area contributed by atoms with Crippen LogP contribution in [0.15, 0.2) is 29.6 Å². The number of rotatable bonds is 5. The second-order valence-electron chi connectivity index (χ2n) is 6.61. The van der Waals surface area contributed by atoms with E-state index in [0.717, 1.165) is 29.7 Å². The van der Waals surface area contributed by atoms with Crippen molar-refractivity contribution in [2.75, 3.05) is 18.5 Å². The first-order chi connectivity index (χ1) is 12.7. The third-order valence-electron chi connectivity index (χ3n) is 4.83. The van der Waals surface area contributed by atoms with Crippen LogP contribution in [0.25, 0.3) is 0 Å². The van der Waals surface area contributed by atoms with Crippen molar-refractivity contribution < 1.29 is 19.1 Å². The van der Waals surface area contributed by atoms with Gasteiger partial charge in [0.2, 0.25) is 5.91 Å². The lowest BCUT2D eigenvalue weighted by molar-refractivity contribution is -0.118. The molecule has 136 valence electrons. The molecule has 1 atom stereocenters. The fourth-order valence-electron chi connectivity index (χ4n) is 3.39. The Balaban J connectivity index is 1.60. The number of esters is 1. The van der Waals surface area contributed by atoms with Crippen molar-refractivity contribution in [2.24, 2.45) is 0 Å². The number of hydrogen-bond donors (Lipinski definition) is 1. The molecular formula is C20H21NO4S. The molecule has 6 heteroatoms. The molecule has 26 heavy (non-hydrogen) atoms. The molecule has 1 aromatic carbocycles. The summed E-state index contributed by atoms with van der Waals surface area (Å²) in [5.41, 5.74) is 2.44. The topological polar surface area (TPSA) is 64.6 Å². The van der Waals surface area contributed by atoms with Gasteiger partial charge in [0.05, 0.1) is 24.7 Å². The molecule has 1 fully saturated rings. The molecule has 1 amide bonds. The standard InChI is InChI=1S/C20H21NO4S/c1-2-24-20(23)17-15(12-7-8-12)11-26-19(17)21-18(22)14-9-10-25-16-6-4-3-5-13(14)16/h3-6,11-12,14H,2,7-10H2,1H3,(H,21,22). The Kier molecular flexibility index (Phi) is 4.68. The van der Waals surface area contributed by atoms with E-state index in [2.05, 4.69) is 5.32 Å². The summed E-state index contributed by atoms with van der Waals surface area (Å²) in [6.07, 6.45) is 2.80. The van der Waals surface area contributed by atoms with E-state index in [4.69, 9.17) is 9.47 Å². The molecule has 5 nitrogen and oxygen atoms in total. The van der Waals surface area contributed by atoms with Gasteiger partial charge < -0.3 is 14.8 Å². The zero-order chi connectivity index (χ0) is 18.1. The van der Waals surface area contributed by atoms with Gasteiger partial charge in [-0.15, -0.1) is 11.3 Å². The van der Waals surface area contributed by atoms with Crippen molar-refractivity contribution in [3.05, 3.63) is 46.3 Å². The predicted molar refractivity (Wildman–Crippen MR) is 100 cm³/mol. The summed E-state index contributed by atoms with van der Waals surface area (Å²) >= 11 is 1.41. The lowest BCUT2D eigenvalue weighted by atomic mass is 9.92. The third-order valence-corrected chi connectivity index (χ3v) is 5.74. The quantitative estimate of drug-likeness (QED) is 0.796. The Hall–Kier alpha value is -2.34. The van der Waals surface area contributed by atoms with Crippen LogP contribution in [0.2, 0.25) is 0 Å². The number of thiophene rings is 1. The number of para-hydroxylation sites is 1. The minimum atomic E-state index is -0.349. The van der Waals surface area contributed by atoms with Crippen molar-refractivity contribution in [3.63, 3.8) is 0 Å². The first kappa shape index (κ1) is 17.1. The van der Waals surface area contributed by atoms with Crippen molar-refractivity contribution in [2.45, 2.75) is 38.0 Å². The maximum atomic E-state index is 12.9. The van der Waals surface area contributed by atoms with E-state index in [1.807, 2.05) is 29.6 Å². The average Bonchev–Trinajstić information content (AvgIpc) is 3.42. The molecule has 1 N–H and O–H groups in total. The van der Waals surface area contributed by atoms with E-state index in [0.29, 0.717) is 36.1 Å². The van der Waals surface area contributed by atoms with Gasteiger partial charge in [0, 0.05) is 5.56 Å². The summed E-state index contributed by atoms with van der Waals surface area (Å²) in [6.45, 7) is 2.62. The normalized spacial score (nSPS) is 18.6. The van der Waals surface area contributed by atoms with Crippen molar-refractivity contribution in [3.8, 4) is 5.75 Å². The number of carbonyl (C=O) groups excluding carboxylic acids is 2. The maximum absolute atomic E-state index is 12.9. The maximum Gasteiger partial charge on any atom is 0.341 e. The summed E-state index contributed by atoms with van der Waals surface area (Å²) in [5.74, 6) is 0.449. The van der Waals surface area contributed by atoms with E-state index in [1.54, 1.807) is 6.92 Å². The van der Waals surface area contributed by atoms with Crippen molar-refractivity contribution >= 4 is 28.2 Å². The highest BCUT2D eigenvalue weighted by molar-refractivity contribution is 7.15. The number of hydrogen-bond acceptors (Lipinski definition) is 5. The summed E-state index contributed by atoms with van der Waals surface area (Å²) in [6, 6.07) is 7.62. The molecule has 1 unspecified atom stereocenters. The Morgan fingerprint density at radius 3 is 2.81 bits per heavy atom. The number of anilines is 1. The van der Waals surface area contributed by atoms with Crippen LogP contribution in [0, 0.1) is 0 Å².